The number of carboxylic acids is 2. The van der Waals surface area contributed by atoms with Crippen molar-refractivity contribution in [3.8, 4) is 45.9 Å². The third kappa shape index (κ3) is 11.0. The van der Waals surface area contributed by atoms with Crippen molar-refractivity contribution in [3.05, 3.63) is 179 Å². The highest BCUT2D eigenvalue weighted by Crippen LogP contribution is 2.58. The van der Waals surface area contributed by atoms with Gasteiger partial charge in [0.2, 0.25) is 0 Å². The van der Waals surface area contributed by atoms with E-state index in [4.69, 9.17) is 10.2 Å². The summed E-state index contributed by atoms with van der Waals surface area (Å²) in [6.45, 7) is 2.91. The lowest BCUT2D eigenvalue weighted by Gasteiger charge is -2.56. The van der Waals surface area contributed by atoms with Crippen LogP contribution >= 0.6 is 0 Å². The van der Waals surface area contributed by atoms with Gasteiger partial charge in [0.15, 0.2) is 0 Å². The molecule has 0 saturated heterocycles. The Morgan fingerprint density at radius 2 is 1.12 bits per heavy atom. The molecule has 11 rings (SSSR count). The fraction of sp³-hybridized carbons (Fsp3) is 0.292. The van der Waals surface area contributed by atoms with Gasteiger partial charge >= 0.3 is 11.9 Å². The number of hydrogen-bond acceptors (Lipinski definition) is 6. The van der Waals surface area contributed by atoms with Crippen LogP contribution in [0, 0.1) is 40.9 Å². The highest BCUT2D eigenvalue weighted by Gasteiger charge is 2.55. The highest BCUT2D eigenvalue weighted by molar-refractivity contribution is 6.08. The SMILES string of the molecule is CCC#Cc1ccc(C(=O)NC2CC3(C2)CC(C(=O)O)C3)c2c1cnn2Cc1ccc(-c2cccc(CC#Cc3ccc(C(=O)NC4CCC(CC(=O)O)CC4)c4c3cnn4Cc3ccc(-c4ccccc4)cc3)c2)cc1. The number of rotatable bonds is 14. The Hall–Kier alpha value is -8.74. The van der Waals surface area contributed by atoms with Gasteiger partial charge in [-0.3, -0.25) is 28.5 Å². The average Bonchev–Trinajstić information content (AvgIpc) is 4.16. The summed E-state index contributed by atoms with van der Waals surface area (Å²) in [5, 5.41) is 36.4. The van der Waals surface area contributed by atoms with E-state index in [1.54, 1.807) is 12.4 Å². The van der Waals surface area contributed by atoms with E-state index in [-0.39, 0.29) is 47.6 Å². The second-order valence-electron chi connectivity index (χ2n) is 21.4. The van der Waals surface area contributed by atoms with Gasteiger partial charge in [-0.1, -0.05) is 134 Å². The lowest BCUT2D eigenvalue weighted by Crippen LogP contribution is -2.57. The van der Waals surface area contributed by atoms with E-state index in [1.807, 2.05) is 64.8 Å². The Morgan fingerprint density at radius 3 is 1.68 bits per heavy atom. The molecule has 1 spiro atoms. The van der Waals surface area contributed by atoms with Crippen molar-refractivity contribution >= 4 is 45.6 Å². The van der Waals surface area contributed by atoms with Crippen molar-refractivity contribution in [1.29, 1.82) is 0 Å². The molecule has 8 aromatic rings. The van der Waals surface area contributed by atoms with Crippen molar-refractivity contribution in [2.45, 2.75) is 103 Å². The van der Waals surface area contributed by atoms with Crippen LogP contribution in [-0.2, 0) is 29.1 Å². The monoisotopic (exact) mass is 1020 g/mol. The molecular weight excluding hydrogens is 961 g/mol. The minimum atomic E-state index is -0.777. The molecule has 0 atom stereocenters. The van der Waals surface area contributed by atoms with Gasteiger partial charge in [0.05, 0.1) is 53.6 Å². The van der Waals surface area contributed by atoms with Gasteiger partial charge in [-0.05, 0) is 126 Å². The van der Waals surface area contributed by atoms with Crippen LogP contribution in [0.25, 0.3) is 44.1 Å². The number of benzene rings is 6. The number of carbonyl (C=O) groups excluding carboxylic acids is 2. The predicted octanol–water partition coefficient (Wildman–Crippen LogP) is 11.3. The van der Waals surface area contributed by atoms with Gasteiger partial charge in [-0.2, -0.15) is 10.2 Å². The normalized spacial score (nSPS) is 19.5. The maximum atomic E-state index is 14.1. The Kier molecular flexibility index (Phi) is 14.3. The molecule has 4 N–H and O–H groups in total. The van der Waals surface area contributed by atoms with E-state index in [9.17, 15) is 29.4 Å². The van der Waals surface area contributed by atoms with E-state index in [1.165, 1.54) is 0 Å². The molecule has 3 aliphatic rings. The lowest BCUT2D eigenvalue weighted by molar-refractivity contribution is -0.155. The number of carbonyl (C=O) groups is 4. The summed E-state index contributed by atoms with van der Waals surface area (Å²) in [4.78, 5) is 50.8. The smallest absolute Gasteiger partial charge is 0.306 e. The fourth-order valence-corrected chi connectivity index (χ4v) is 12.0. The van der Waals surface area contributed by atoms with Crippen molar-refractivity contribution < 1.29 is 29.4 Å². The number of carboxylic acid groups (broad SMARTS) is 2. The van der Waals surface area contributed by atoms with Crippen molar-refractivity contribution in [3.63, 3.8) is 0 Å². The Balaban J connectivity index is 0.793. The molecule has 2 amide bonds. The molecule has 2 aromatic heterocycles. The van der Waals surface area contributed by atoms with E-state index < -0.39 is 11.9 Å². The largest absolute Gasteiger partial charge is 0.481 e. The minimum Gasteiger partial charge on any atom is -0.481 e. The molecule has 0 radical (unpaired) electrons. The van der Waals surface area contributed by atoms with Gasteiger partial charge in [0.25, 0.3) is 11.8 Å². The maximum absolute atomic E-state index is 14.1. The molecule has 12 nitrogen and oxygen atoms in total. The predicted molar refractivity (Wildman–Crippen MR) is 298 cm³/mol. The summed E-state index contributed by atoms with van der Waals surface area (Å²) in [5.74, 6) is 11.3. The van der Waals surface area contributed by atoms with Crippen LogP contribution in [0.5, 0.6) is 0 Å². The molecule has 12 heteroatoms. The molecule has 0 aliphatic heterocycles. The number of amides is 2. The molecule has 2 heterocycles. The van der Waals surface area contributed by atoms with Crippen LogP contribution in [0.2, 0.25) is 0 Å². The number of fused-ring (bicyclic) bond motifs is 2. The summed E-state index contributed by atoms with van der Waals surface area (Å²) in [5.41, 5.74) is 11.7. The van der Waals surface area contributed by atoms with Crippen molar-refractivity contribution in [1.82, 2.24) is 30.2 Å². The minimum absolute atomic E-state index is 0.0142. The van der Waals surface area contributed by atoms with Gasteiger partial charge in [-0.25, -0.2) is 0 Å². The van der Waals surface area contributed by atoms with Crippen LogP contribution in [0.1, 0.15) is 120 Å². The lowest BCUT2D eigenvalue weighted by atomic mass is 9.50. The van der Waals surface area contributed by atoms with Crippen LogP contribution in [-0.4, -0.2) is 65.6 Å². The van der Waals surface area contributed by atoms with Crippen LogP contribution in [0.3, 0.4) is 0 Å². The standard InChI is InChI=1S/C65H60N6O6/c1-2-3-11-49-26-30-56(63(75)69-54-36-65(37-54)34-52(35-65)64(76)77)61-57(49)38-66-71(61)41-45-18-24-48(25-19-45)51-15-8-10-42(32-51)9-7-14-50-27-31-55(62(74)68-53-28-20-43(21-29-53)33-59(72)73)60-58(50)39-67-70(60)40-44-16-22-47(23-17-44)46-12-5-4-6-13-46/h4-6,8,10,12-13,15-19,22-27,30-32,38-39,43,52-54H,2,9,20-21,28-29,33-37,40-41H2,1H3,(H,68,74)(H,69,75)(H,72,73)(H,76,77). The number of hydrogen-bond donors (Lipinski definition) is 4. The molecule has 0 unspecified atom stereocenters. The second kappa shape index (κ2) is 21.8. The first-order chi connectivity index (χ1) is 37.5. The zero-order valence-electron chi connectivity index (χ0n) is 43.1. The Labute approximate surface area is 447 Å². The fourth-order valence-electron chi connectivity index (χ4n) is 12.0. The van der Waals surface area contributed by atoms with Crippen molar-refractivity contribution in [2.75, 3.05) is 0 Å². The molecule has 6 aromatic carbocycles. The zero-order chi connectivity index (χ0) is 53.0. The molecule has 3 aliphatic carbocycles. The maximum Gasteiger partial charge on any atom is 0.306 e. The summed E-state index contributed by atoms with van der Waals surface area (Å²) < 4.78 is 3.77. The van der Waals surface area contributed by atoms with E-state index >= 15 is 0 Å². The van der Waals surface area contributed by atoms with E-state index in [0.29, 0.717) is 49.9 Å². The third-order valence-electron chi connectivity index (χ3n) is 16.0. The third-order valence-corrected chi connectivity index (χ3v) is 16.0. The molecule has 3 fully saturated rings. The highest BCUT2D eigenvalue weighted by atomic mass is 16.4. The first-order valence-electron chi connectivity index (χ1n) is 26.8. The van der Waals surface area contributed by atoms with Crippen LogP contribution < -0.4 is 10.6 Å². The Bertz CT molecular complexity index is 3660. The molecular formula is C65H60N6O6. The molecule has 0 bridgehead atoms. The first kappa shape index (κ1) is 50.4. The van der Waals surface area contributed by atoms with E-state index in [0.717, 1.165) is 110 Å². The molecule has 3 saturated carbocycles. The zero-order valence-corrected chi connectivity index (χ0v) is 43.1. The first-order valence-corrected chi connectivity index (χ1v) is 26.8. The van der Waals surface area contributed by atoms with Gasteiger partial charge < -0.3 is 20.8 Å². The summed E-state index contributed by atoms with van der Waals surface area (Å²) in [6, 6.07) is 42.9. The van der Waals surface area contributed by atoms with Gasteiger partial charge in [0, 0.05) is 53.2 Å². The number of nitrogens with zero attached hydrogens (tertiary/aromatic N) is 4. The number of nitrogens with one attached hydrogen (secondary N) is 2. The molecule has 386 valence electrons. The van der Waals surface area contributed by atoms with E-state index in [2.05, 4.69) is 113 Å². The average molecular weight is 1020 g/mol. The van der Waals surface area contributed by atoms with Gasteiger partial charge in [-0.15, -0.1) is 0 Å². The van der Waals surface area contributed by atoms with Crippen molar-refractivity contribution in [2.24, 2.45) is 17.3 Å². The summed E-state index contributed by atoms with van der Waals surface area (Å²) in [7, 11) is 0. The number of aromatic nitrogens is 4. The Morgan fingerprint density at radius 1 is 0.584 bits per heavy atom. The topological polar surface area (TPSA) is 168 Å². The molecule has 77 heavy (non-hydrogen) atoms. The number of aliphatic carboxylic acids is 2. The van der Waals surface area contributed by atoms with Gasteiger partial charge in [0.1, 0.15) is 0 Å². The summed E-state index contributed by atoms with van der Waals surface area (Å²) >= 11 is 0. The van der Waals surface area contributed by atoms with Crippen LogP contribution in [0.4, 0.5) is 0 Å². The second-order valence-corrected chi connectivity index (χ2v) is 21.4. The summed E-state index contributed by atoms with van der Waals surface area (Å²) in [6.07, 6.45) is 11.0. The van der Waals surface area contributed by atoms with Crippen LogP contribution in [0.15, 0.2) is 140 Å². The quantitative estimate of drug-likeness (QED) is 0.0781.